The van der Waals surface area contributed by atoms with E-state index in [-0.39, 0.29) is 12.1 Å². The Morgan fingerprint density at radius 2 is 1.96 bits per heavy atom. The minimum atomic E-state index is 0.0125. The van der Waals surface area contributed by atoms with Crippen LogP contribution in [0.4, 0.5) is 0 Å². The molecule has 0 aliphatic carbocycles. The molecule has 26 heavy (non-hydrogen) atoms. The van der Waals surface area contributed by atoms with E-state index in [1.165, 1.54) is 5.56 Å². The number of rotatable bonds is 4. The van der Waals surface area contributed by atoms with E-state index >= 15 is 0 Å². The van der Waals surface area contributed by atoms with Crippen LogP contribution in [0.15, 0.2) is 43.1 Å². The predicted octanol–water partition coefficient (Wildman–Crippen LogP) is 2.40. The van der Waals surface area contributed by atoms with E-state index < -0.39 is 0 Å². The lowest BCUT2D eigenvalue weighted by atomic mass is 9.97. The molecular formula is C18H21N7S. The highest BCUT2D eigenvalue weighted by atomic mass is 32.1. The summed E-state index contributed by atoms with van der Waals surface area (Å²) in [5.41, 5.74) is 4.47. The van der Waals surface area contributed by atoms with Crippen LogP contribution in [-0.2, 0) is 0 Å². The van der Waals surface area contributed by atoms with Crippen molar-refractivity contribution in [1.29, 1.82) is 0 Å². The molecule has 1 N–H and O–H groups in total. The van der Waals surface area contributed by atoms with Crippen molar-refractivity contribution in [3.8, 4) is 0 Å². The molecule has 8 heteroatoms. The number of aromatic nitrogens is 5. The fourth-order valence-electron chi connectivity index (χ4n) is 3.82. The van der Waals surface area contributed by atoms with Gasteiger partial charge in [-0.25, -0.2) is 4.68 Å². The first-order valence-corrected chi connectivity index (χ1v) is 9.04. The molecule has 4 rings (SSSR count). The Bertz CT molecular complexity index is 917. The Balaban J connectivity index is 1.83. The zero-order valence-electron chi connectivity index (χ0n) is 15.0. The number of hydrogen-bond donors (Lipinski definition) is 1. The molecule has 4 heterocycles. The van der Waals surface area contributed by atoms with Crippen LogP contribution >= 0.6 is 12.2 Å². The van der Waals surface area contributed by atoms with Crippen molar-refractivity contribution in [2.45, 2.75) is 32.9 Å². The summed E-state index contributed by atoms with van der Waals surface area (Å²) < 4.78 is 4.00. The van der Waals surface area contributed by atoms with E-state index in [0.717, 1.165) is 28.7 Å². The monoisotopic (exact) mass is 367 g/mol. The molecule has 7 nitrogen and oxygen atoms in total. The summed E-state index contributed by atoms with van der Waals surface area (Å²) in [5, 5.41) is 12.1. The van der Waals surface area contributed by atoms with Crippen LogP contribution < -0.4 is 5.32 Å². The van der Waals surface area contributed by atoms with Crippen LogP contribution in [-0.4, -0.2) is 41.1 Å². The molecule has 2 atom stereocenters. The van der Waals surface area contributed by atoms with Crippen LogP contribution in [0.2, 0.25) is 0 Å². The van der Waals surface area contributed by atoms with Gasteiger partial charge in [-0.3, -0.25) is 9.66 Å². The SMILES string of the molecule is CCN1C(=S)NC(c2ccccn2)C1c1cc(C)n(-n2cnnc2)c1C. The molecule has 3 aromatic heterocycles. The van der Waals surface area contributed by atoms with Crippen molar-refractivity contribution in [1.82, 2.24) is 34.8 Å². The first-order chi connectivity index (χ1) is 12.6. The first kappa shape index (κ1) is 16.7. The highest BCUT2D eigenvalue weighted by Crippen LogP contribution is 2.40. The Labute approximate surface area is 157 Å². The smallest absolute Gasteiger partial charge is 0.170 e. The zero-order valence-corrected chi connectivity index (χ0v) is 15.8. The van der Waals surface area contributed by atoms with E-state index in [9.17, 15) is 0 Å². The lowest BCUT2D eigenvalue weighted by Crippen LogP contribution is -2.29. The maximum absolute atomic E-state index is 5.61. The molecule has 134 valence electrons. The fraction of sp³-hybridized carbons (Fsp3) is 0.333. The number of aryl methyl sites for hydroxylation is 1. The van der Waals surface area contributed by atoms with E-state index in [1.807, 2.05) is 29.1 Å². The Morgan fingerprint density at radius 3 is 2.62 bits per heavy atom. The molecule has 0 radical (unpaired) electrons. The molecule has 2 unspecified atom stereocenters. The lowest BCUT2D eigenvalue weighted by molar-refractivity contribution is 0.329. The van der Waals surface area contributed by atoms with Gasteiger partial charge in [0.25, 0.3) is 0 Å². The van der Waals surface area contributed by atoms with E-state index in [0.29, 0.717) is 0 Å². The number of pyridine rings is 1. The predicted molar refractivity (Wildman–Crippen MR) is 103 cm³/mol. The average Bonchev–Trinajstić information content (AvgIpc) is 3.34. The molecule has 0 amide bonds. The van der Waals surface area contributed by atoms with Gasteiger partial charge in [0.15, 0.2) is 5.11 Å². The summed E-state index contributed by atoms with van der Waals surface area (Å²) >= 11 is 5.61. The highest BCUT2D eigenvalue weighted by Gasteiger charge is 2.40. The van der Waals surface area contributed by atoms with Gasteiger partial charge < -0.3 is 10.2 Å². The molecule has 0 aromatic carbocycles. The summed E-state index contributed by atoms with van der Waals surface area (Å²) in [7, 11) is 0. The van der Waals surface area contributed by atoms with Gasteiger partial charge >= 0.3 is 0 Å². The molecular weight excluding hydrogens is 346 g/mol. The maximum Gasteiger partial charge on any atom is 0.170 e. The summed E-state index contributed by atoms with van der Waals surface area (Å²) in [6.07, 6.45) is 5.23. The number of nitrogens with one attached hydrogen (secondary N) is 1. The molecule has 1 fully saturated rings. The number of thiocarbonyl (C=S) groups is 1. The molecule has 1 aliphatic rings. The minimum Gasteiger partial charge on any atom is -0.352 e. The molecule has 1 saturated heterocycles. The molecule has 0 spiro atoms. The average molecular weight is 367 g/mol. The van der Waals surface area contributed by atoms with Crippen LogP contribution in [0.5, 0.6) is 0 Å². The molecule has 3 aromatic rings. The van der Waals surface area contributed by atoms with Crippen LogP contribution in [0.1, 0.15) is 41.7 Å². The third-order valence-corrected chi connectivity index (χ3v) is 5.28. The quantitative estimate of drug-likeness (QED) is 0.715. The van der Waals surface area contributed by atoms with Crippen LogP contribution in [0.25, 0.3) is 0 Å². The molecule has 0 bridgehead atoms. The van der Waals surface area contributed by atoms with Gasteiger partial charge in [0, 0.05) is 29.7 Å². The largest absolute Gasteiger partial charge is 0.352 e. The Hall–Kier alpha value is -2.74. The van der Waals surface area contributed by atoms with E-state index in [1.54, 1.807) is 12.7 Å². The molecule has 1 aliphatic heterocycles. The van der Waals surface area contributed by atoms with Gasteiger partial charge in [-0.1, -0.05) is 6.07 Å². The summed E-state index contributed by atoms with van der Waals surface area (Å²) in [5.74, 6) is 0. The minimum absolute atomic E-state index is 0.0125. The molecule has 0 saturated carbocycles. The van der Waals surface area contributed by atoms with Crippen molar-refractivity contribution in [2.24, 2.45) is 0 Å². The standard InChI is InChI=1S/C18H21N7S/c1-4-24-17(16(22-18(24)26)15-7-5-6-8-19-15)14-9-12(2)25(13(14)3)23-10-20-21-11-23/h5-11,16-17H,4H2,1-3H3,(H,22,26). The second kappa shape index (κ2) is 6.53. The van der Waals surface area contributed by atoms with Gasteiger partial charge in [0.2, 0.25) is 0 Å². The number of hydrogen-bond acceptors (Lipinski definition) is 4. The number of likely N-dealkylation sites (N-methyl/N-ethyl adjacent to an activating group) is 1. The summed E-state index contributed by atoms with van der Waals surface area (Å²) in [6, 6.07) is 8.30. The van der Waals surface area contributed by atoms with E-state index in [4.69, 9.17) is 12.2 Å². The van der Waals surface area contributed by atoms with Gasteiger partial charge in [0.1, 0.15) is 12.7 Å². The summed E-state index contributed by atoms with van der Waals surface area (Å²) in [4.78, 5) is 6.80. The van der Waals surface area contributed by atoms with Gasteiger partial charge in [-0.05, 0) is 51.2 Å². The fourth-order valence-corrected chi connectivity index (χ4v) is 4.18. The van der Waals surface area contributed by atoms with Crippen LogP contribution in [0.3, 0.4) is 0 Å². The van der Waals surface area contributed by atoms with Crippen molar-refractivity contribution in [3.05, 3.63) is 65.8 Å². The van der Waals surface area contributed by atoms with Crippen molar-refractivity contribution in [2.75, 3.05) is 6.54 Å². The first-order valence-electron chi connectivity index (χ1n) is 8.64. The maximum atomic E-state index is 5.61. The van der Waals surface area contributed by atoms with Crippen molar-refractivity contribution < 1.29 is 0 Å². The Morgan fingerprint density at radius 1 is 1.19 bits per heavy atom. The van der Waals surface area contributed by atoms with Crippen molar-refractivity contribution in [3.63, 3.8) is 0 Å². The topological polar surface area (TPSA) is 63.8 Å². The second-order valence-electron chi connectivity index (χ2n) is 6.39. The second-order valence-corrected chi connectivity index (χ2v) is 6.78. The van der Waals surface area contributed by atoms with Crippen LogP contribution in [0, 0.1) is 13.8 Å². The third-order valence-electron chi connectivity index (χ3n) is 4.93. The van der Waals surface area contributed by atoms with Gasteiger partial charge in [0.05, 0.1) is 17.8 Å². The van der Waals surface area contributed by atoms with Gasteiger partial charge in [-0.15, -0.1) is 10.2 Å². The lowest BCUT2D eigenvalue weighted by Gasteiger charge is -2.27. The summed E-state index contributed by atoms with van der Waals surface area (Å²) in [6.45, 7) is 7.16. The number of nitrogens with zero attached hydrogens (tertiary/aromatic N) is 6. The normalized spacial score (nSPS) is 19.8. The Kier molecular flexibility index (Phi) is 4.20. The third kappa shape index (κ3) is 2.57. The van der Waals surface area contributed by atoms with E-state index in [2.05, 4.69) is 56.9 Å². The van der Waals surface area contributed by atoms with Crippen molar-refractivity contribution >= 4 is 17.3 Å². The van der Waals surface area contributed by atoms with Gasteiger partial charge in [-0.2, -0.15) is 0 Å². The highest BCUT2D eigenvalue weighted by molar-refractivity contribution is 7.80. The zero-order chi connectivity index (χ0) is 18.3.